The Balaban J connectivity index is 1.26. The number of nitrogens with zero attached hydrogens (tertiary/aromatic N) is 3. The molecule has 0 N–H and O–H groups in total. The van der Waals surface area contributed by atoms with Crippen LogP contribution in [0, 0.1) is 5.41 Å². The molecule has 0 saturated heterocycles. The Morgan fingerprint density at radius 2 is 1.81 bits per heavy atom. The second-order valence-corrected chi connectivity index (χ2v) is 8.76. The van der Waals surface area contributed by atoms with Crippen molar-refractivity contribution < 1.29 is 9.53 Å². The third kappa shape index (κ3) is 4.23. The van der Waals surface area contributed by atoms with Crippen molar-refractivity contribution in [1.29, 1.82) is 0 Å². The minimum atomic E-state index is -0.283. The predicted molar refractivity (Wildman–Crippen MR) is 119 cm³/mol. The van der Waals surface area contributed by atoms with E-state index in [9.17, 15) is 4.79 Å². The molecule has 0 spiro atoms. The first kappa shape index (κ1) is 19.9. The van der Waals surface area contributed by atoms with Crippen molar-refractivity contribution in [2.75, 3.05) is 20.2 Å². The van der Waals surface area contributed by atoms with Crippen LogP contribution in [-0.4, -0.2) is 41.0 Å². The summed E-state index contributed by atoms with van der Waals surface area (Å²) in [5.74, 6) is 0.715. The number of hydrogen-bond acceptors (Lipinski definition) is 5. The number of carbonyl (C=O) groups excluding carboxylic acids is 1. The van der Waals surface area contributed by atoms with Gasteiger partial charge in [0.2, 0.25) is 0 Å². The fraction of sp³-hybridized carbons (Fsp3) is 0.346. The van der Waals surface area contributed by atoms with Crippen molar-refractivity contribution in [3.05, 3.63) is 83.2 Å². The number of rotatable bonds is 6. The van der Waals surface area contributed by atoms with Crippen LogP contribution < -0.4 is 0 Å². The summed E-state index contributed by atoms with van der Waals surface area (Å²) in [5, 5.41) is 0. The summed E-state index contributed by atoms with van der Waals surface area (Å²) in [6, 6.07) is 19.0. The van der Waals surface area contributed by atoms with Crippen molar-refractivity contribution in [2.24, 2.45) is 5.41 Å². The van der Waals surface area contributed by atoms with Gasteiger partial charge in [-0.3, -0.25) is 9.69 Å². The zero-order valence-corrected chi connectivity index (χ0v) is 17.9. The Kier molecular flexibility index (Phi) is 5.28. The Morgan fingerprint density at radius 3 is 2.52 bits per heavy atom. The molecule has 1 saturated carbocycles. The van der Waals surface area contributed by atoms with Gasteiger partial charge in [0.1, 0.15) is 0 Å². The molecule has 2 heterocycles. The maximum absolute atomic E-state index is 12.1. The van der Waals surface area contributed by atoms with E-state index in [1.54, 1.807) is 0 Å². The number of fused-ring (bicyclic) bond motifs is 1. The molecule has 2 aromatic carbocycles. The van der Waals surface area contributed by atoms with Gasteiger partial charge in [0.05, 0.1) is 18.2 Å². The van der Waals surface area contributed by atoms with Crippen LogP contribution in [0.15, 0.2) is 60.8 Å². The predicted octanol–water partition coefficient (Wildman–Crippen LogP) is 4.05. The molecule has 5 nitrogen and oxygen atoms in total. The normalized spacial score (nSPS) is 17.1. The summed E-state index contributed by atoms with van der Waals surface area (Å²) in [5.41, 5.74) is 5.64. The Labute approximate surface area is 183 Å². The number of hydrogen-bond donors (Lipinski definition) is 0. The van der Waals surface area contributed by atoms with E-state index in [2.05, 4.69) is 58.4 Å². The third-order valence-electron chi connectivity index (χ3n) is 6.47. The molecule has 158 valence electrons. The first-order valence-corrected chi connectivity index (χ1v) is 10.9. The molecular formula is C26H27N3O2. The lowest BCUT2D eigenvalue weighted by Gasteiger charge is -2.30. The van der Waals surface area contributed by atoms with Crippen molar-refractivity contribution in [3.8, 4) is 11.4 Å². The summed E-state index contributed by atoms with van der Waals surface area (Å²) in [6.07, 6.45) is 5.63. The zero-order valence-electron chi connectivity index (χ0n) is 17.9. The molecule has 5 heteroatoms. The van der Waals surface area contributed by atoms with Crippen LogP contribution in [0.3, 0.4) is 0 Å². The maximum atomic E-state index is 12.1. The van der Waals surface area contributed by atoms with Gasteiger partial charge in [0, 0.05) is 43.4 Å². The molecule has 1 aliphatic carbocycles. The first-order valence-electron chi connectivity index (χ1n) is 10.9. The van der Waals surface area contributed by atoms with Crippen LogP contribution in [0.2, 0.25) is 0 Å². The largest absolute Gasteiger partial charge is 0.469 e. The third-order valence-corrected chi connectivity index (χ3v) is 6.47. The van der Waals surface area contributed by atoms with Gasteiger partial charge in [0.25, 0.3) is 0 Å². The van der Waals surface area contributed by atoms with E-state index in [0.29, 0.717) is 0 Å². The fourth-order valence-corrected chi connectivity index (χ4v) is 4.47. The van der Waals surface area contributed by atoms with Crippen LogP contribution in [-0.2, 0) is 28.9 Å². The number of esters is 1. The van der Waals surface area contributed by atoms with Crippen LogP contribution in [0.1, 0.15) is 35.2 Å². The average Bonchev–Trinajstić information content (AvgIpc) is 3.60. The minimum Gasteiger partial charge on any atom is -0.469 e. The lowest BCUT2D eigenvalue weighted by atomic mass is 10.0. The van der Waals surface area contributed by atoms with Gasteiger partial charge in [-0.05, 0) is 30.4 Å². The highest BCUT2D eigenvalue weighted by molar-refractivity contribution is 5.80. The van der Waals surface area contributed by atoms with Crippen LogP contribution >= 0.6 is 0 Å². The summed E-state index contributed by atoms with van der Waals surface area (Å²) in [7, 11) is 1.48. The second kappa shape index (κ2) is 8.23. The van der Waals surface area contributed by atoms with E-state index < -0.39 is 0 Å². The van der Waals surface area contributed by atoms with Gasteiger partial charge in [-0.2, -0.15) is 0 Å². The highest BCUT2D eigenvalue weighted by Gasteiger charge is 2.52. The van der Waals surface area contributed by atoms with Crippen LogP contribution in [0.4, 0.5) is 0 Å². The molecule has 1 aliphatic heterocycles. The number of methoxy groups -OCH3 is 1. The molecule has 0 bridgehead atoms. The maximum Gasteiger partial charge on any atom is 0.313 e. The molecule has 0 amide bonds. The molecule has 31 heavy (non-hydrogen) atoms. The van der Waals surface area contributed by atoms with Gasteiger partial charge in [-0.1, -0.05) is 54.6 Å². The molecule has 5 rings (SSSR count). The highest BCUT2D eigenvalue weighted by atomic mass is 16.5. The first-order chi connectivity index (χ1) is 15.1. The smallest absolute Gasteiger partial charge is 0.313 e. The van der Waals surface area contributed by atoms with Crippen molar-refractivity contribution in [3.63, 3.8) is 0 Å². The number of ether oxygens (including phenoxy) is 1. The fourth-order valence-electron chi connectivity index (χ4n) is 4.47. The van der Waals surface area contributed by atoms with Gasteiger partial charge >= 0.3 is 5.97 Å². The van der Waals surface area contributed by atoms with E-state index in [1.165, 1.54) is 18.2 Å². The average molecular weight is 414 g/mol. The SMILES string of the molecule is COC(=O)C1(CN2CCc3nc(-c4ccc(Cc5ccccc5)cc4)ncc3C2)CC1. The monoisotopic (exact) mass is 413 g/mol. The molecule has 1 fully saturated rings. The Hall–Kier alpha value is -3.05. The molecule has 0 atom stereocenters. The lowest BCUT2D eigenvalue weighted by molar-refractivity contribution is -0.148. The van der Waals surface area contributed by atoms with Crippen molar-refractivity contribution >= 4 is 5.97 Å². The summed E-state index contributed by atoms with van der Waals surface area (Å²) >= 11 is 0. The highest BCUT2D eigenvalue weighted by Crippen LogP contribution is 2.47. The van der Waals surface area contributed by atoms with Gasteiger partial charge < -0.3 is 4.74 Å². The summed E-state index contributed by atoms with van der Waals surface area (Å²) in [6.45, 7) is 2.48. The van der Waals surface area contributed by atoms with Gasteiger partial charge in [-0.25, -0.2) is 9.97 Å². The Bertz CT molecular complexity index is 1080. The summed E-state index contributed by atoms with van der Waals surface area (Å²) < 4.78 is 5.00. The molecule has 1 aromatic heterocycles. The second-order valence-electron chi connectivity index (χ2n) is 8.76. The van der Waals surface area contributed by atoms with Crippen LogP contribution in [0.5, 0.6) is 0 Å². The molecular weight excluding hydrogens is 386 g/mol. The van der Waals surface area contributed by atoms with Gasteiger partial charge in [0.15, 0.2) is 5.82 Å². The molecule has 0 radical (unpaired) electrons. The summed E-state index contributed by atoms with van der Waals surface area (Å²) in [4.78, 5) is 23.9. The quantitative estimate of drug-likeness (QED) is 0.571. The number of aromatic nitrogens is 2. The molecule has 0 unspecified atom stereocenters. The molecule has 3 aromatic rings. The van der Waals surface area contributed by atoms with E-state index >= 15 is 0 Å². The minimum absolute atomic E-state index is 0.0689. The number of benzene rings is 2. The van der Waals surface area contributed by atoms with E-state index in [1.807, 2.05) is 12.3 Å². The topological polar surface area (TPSA) is 55.3 Å². The van der Waals surface area contributed by atoms with Crippen molar-refractivity contribution in [1.82, 2.24) is 14.9 Å². The molecule has 2 aliphatic rings. The van der Waals surface area contributed by atoms with Gasteiger partial charge in [-0.15, -0.1) is 0 Å². The number of carbonyl (C=O) groups is 1. The Morgan fingerprint density at radius 1 is 1.06 bits per heavy atom. The van der Waals surface area contributed by atoms with Crippen molar-refractivity contribution in [2.45, 2.75) is 32.2 Å². The van der Waals surface area contributed by atoms with E-state index in [0.717, 1.165) is 68.0 Å². The lowest BCUT2D eigenvalue weighted by Crippen LogP contribution is -2.38. The van der Waals surface area contributed by atoms with Crippen LogP contribution in [0.25, 0.3) is 11.4 Å². The zero-order chi connectivity index (χ0) is 21.3. The standard InChI is InChI=1S/C26H27N3O2/c1-31-25(30)26(12-13-26)18-29-14-11-23-22(17-29)16-27-24(28-23)21-9-7-20(8-10-21)15-19-5-3-2-4-6-19/h2-10,16H,11-15,17-18H2,1H3. The van der Waals surface area contributed by atoms with E-state index in [4.69, 9.17) is 9.72 Å². The van der Waals surface area contributed by atoms with E-state index in [-0.39, 0.29) is 11.4 Å².